The van der Waals surface area contributed by atoms with Crippen LogP contribution in [0.3, 0.4) is 0 Å². The number of nitrogens with zero attached hydrogens (tertiary/aromatic N) is 1. The first-order valence-electron chi connectivity index (χ1n) is 10.4. The molecular formula is C22H32F3N3O4. The molecule has 0 fully saturated rings. The van der Waals surface area contributed by atoms with Gasteiger partial charge < -0.3 is 20.3 Å². The summed E-state index contributed by atoms with van der Waals surface area (Å²) >= 11 is 0. The third-order valence-corrected chi connectivity index (χ3v) is 4.21. The number of carbonyl (C=O) groups excluding carboxylic acids is 3. The van der Waals surface area contributed by atoms with E-state index in [1.807, 2.05) is 13.8 Å². The van der Waals surface area contributed by atoms with Gasteiger partial charge in [-0.15, -0.1) is 0 Å². The fourth-order valence-electron chi connectivity index (χ4n) is 2.86. The number of hydrogen-bond donors (Lipinski definition) is 2. The monoisotopic (exact) mass is 459 g/mol. The number of carbonyl (C=O) groups is 3. The first kappa shape index (κ1) is 27.3. The number of nitrogens with one attached hydrogen (secondary N) is 2. The molecule has 7 nitrogen and oxygen atoms in total. The summed E-state index contributed by atoms with van der Waals surface area (Å²) in [4.78, 5) is 38.8. The number of ether oxygens (including phenoxy) is 1. The molecule has 1 atom stereocenters. The van der Waals surface area contributed by atoms with Crippen molar-refractivity contribution in [3.8, 4) is 0 Å². The first-order chi connectivity index (χ1) is 14.6. The minimum Gasteiger partial charge on any atom is -0.459 e. The molecule has 0 aromatic heterocycles. The van der Waals surface area contributed by atoms with E-state index in [-0.39, 0.29) is 24.7 Å². The van der Waals surface area contributed by atoms with Gasteiger partial charge in [0.2, 0.25) is 5.91 Å². The number of esters is 1. The first-order valence-corrected chi connectivity index (χ1v) is 10.4. The molecule has 0 heterocycles. The van der Waals surface area contributed by atoms with Crippen LogP contribution in [-0.2, 0) is 20.5 Å². The van der Waals surface area contributed by atoms with Crippen molar-refractivity contribution in [2.24, 2.45) is 5.92 Å². The summed E-state index contributed by atoms with van der Waals surface area (Å²) in [6.07, 6.45) is -4.17. The van der Waals surface area contributed by atoms with Gasteiger partial charge in [-0.3, -0.25) is 9.59 Å². The Morgan fingerprint density at radius 2 is 1.62 bits per heavy atom. The smallest absolute Gasteiger partial charge is 0.416 e. The molecule has 1 aromatic carbocycles. The van der Waals surface area contributed by atoms with Crippen LogP contribution >= 0.6 is 0 Å². The lowest BCUT2D eigenvalue weighted by atomic mass is 10.0. The second-order valence-corrected chi connectivity index (χ2v) is 8.79. The number of likely N-dealkylation sites (N-methyl/N-ethyl adjacent to an activating group) is 1. The highest BCUT2D eigenvalue weighted by molar-refractivity contribution is 5.94. The van der Waals surface area contributed by atoms with Crippen molar-refractivity contribution in [3.05, 3.63) is 29.8 Å². The van der Waals surface area contributed by atoms with E-state index in [0.29, 0.717) is 6.42 Å². The van der Waals surface area contributed by atoms with Crippen LogP contribution in [0.25, 0.3) is 0 Å². The van der Waals surface area contributed by atoms with Crippen LogP contribution in [0.1, 0.15) is 53.5 Å². The standard InChI is InChI=1S/C22H32F3N3O4/c1-7-28(13-18(29)32-21(4,5)6)19(30)17(12-14(2)3)27-20(31)26-16-10-8-15(9-11-16)22(23,24)25/h8-11,14,17H,7,12-13H2,1-6H3,(H2,26,27,31). The molecule has 1 aromatic rings. The molecule has 0 saturated heterocycles. The highest BCUT2D eigenvalue weighted by atomic mass is 19.4. The molecule has 0 saturated carbocycles. The summed E-state index contributed by atoms with van der Waals surface area (Å²) in [5.74, 6) is -0.963. The van der Waals surface area contributed by atoms with E-state index in [0.717, 1.165) is 24.3 Å². The Kier molecular flexibility index (Phi) is 9.53. The molecule has 2 N–H and O–H groups in total. The average Bonchev–Trinajstić information content (AvgIpc) is 2.62. The van der Waals surface area contributed by atoms with Crippen molar-refractivity contribution in [2.75, 3.05) is 18.4 Å². The topological polar surface area (TPSA) is 87.7 Å². The highest BCUT2D eigenvalue weighted by Gasteiger charge is 2.31. The maximum Gasteiger partial charge on any atom is 0.416 e. The van der Waals surface area contributed by atoms with Crippen LogP contribution in [0.2, 0.25) is 0 Å². The van der Waals surface area contributed by atoms with Gasteiger partial charge in [0.25, 0.3) is 0 Å². The number of anilines is 1. The molecule has 0 aliphatic carbocycles. The Balaban J connectivity index is 2.86. The Morgan fingerprint density at radius 3 is 2.06 bits per heavy atom. The van der Waals surface area contributed by atoms with Crippen LogP contribution in [0.15, 0.2) is 24.3 Å². The lowest BCUT2D eigenvalue weighted by Gasteiger charge is -2.28. The van der Waals surface area contributed by atoms with Gasteiger partial charge in [0, 0.05) is 12.2 Å². The zero-order valence-corrected chi connectivity index (χ0v) is 19.3. The van der Waals surface area contributed by atoms with Gasteiger partial charge in [0.1, 0.15) is 18.2 Å². The van der Waals surface area contributed by atoms with E-state index < -0.39 is 41.3 Å². The predicted octanol–water partition coefficient (Wildman–Crippen LogP) is 4.43. The van der Waals surface area contributed by atoms with Gasteiger partial charge >= 0.3 is 18.2 Å². The molecule has 1 unspecified atom stereocenters. The summed E-state index contributed by atoms with van der Waals surface area (Å²) in [6, 6.07) is 2.30. The number of rotatable bonds is 8. The van der Waals surface area contributed by atoms with Gasteiger partial charge in [-0.2, -0.15) is 13.2 Å². The van der Waals surface area contributed by atoms with Gasteiger partial charge in [-0.1, -0.05) is 13.8 Å². The summed E-state index contributed by atoms with van der Waals surface area (Å²) < 4.78 is 43.3. The maximum absolute atomic E-state index is 13.0. The van der Waals surface area contributed by atoms with Crippen molar-refractivity contribution in [1.82, 2.24) is 10.2 Å². The lowest BCUT2D eigenvalue weighted by molar-refractivity contribution is -0.159. The van der Waals surface area contributed by atoms with Gasteiger partial charge in [0.15, 0.2) is 0 Å². The summed E-state index contributed by atoms with van der Waals surface area (Å²) in [5.41, 5.74) is -1.39. The highest BCUT2D eigenvalue weighted by Crippen LogP contribution is 2.29. The number of halogens is 3. The van der Waals surface area contributed by atoms with E-state index in [1.165, 1.54) is 4.90 Å². The Morgan fingerprint density at radius 1 is 1.06 bits per heavy atom. The fourth-order valence-corrected chi connectivity index (χ4v) is 2.86. The molecular weight excluding hydrogens is 427 g/mol. The number of alkyl halides is 3. The number of urea groups is 1. The largest absolute Gasteiger partial charge is 0.459 e. The van der Waals surface area contributed by atoms with E-state index in [1.54, 1.807) is 27.7 Å². The lowest BCUT2D eigenvalue weighted by Crippen LogP contribution is -2.51. The molecule has 0 radical (unpaired) electrons. The van der Waals surface area contributed by atoms with Crippen molar-refractivity contribution in [3.63, 3.8) is 0 Å². The quantitative estimate of drug-likeness (QED) is 0.563. The third kappa shape index (κ3) is 9.57. The van der Waals surface area contributed by atoms with Gasteiger partial charge in [-0.05, 0) is 64.3 Å². The Labute approximate surface area is 186 Å². The second kappa shape index (κ2) is 11.2. The third-order valence-electron chi connectivity index (χ3n) is 4.21. The Bertz CT molecular complexity index is 787. The van der Waals surface area contributed by atoms with Crippen LogP contribution in [0.5, 0.6) is 0 Å². The van der Waals surface area contributed by atoms with Crippen LogP contribution < -0.4 is 10.6 Å². The van der Waals surface area contributed by atoms with Crippen LogP contribution in [0, 0.1) is 5.92 Å². The van der Waals surface area contributed by atoms with E-state index in [9.17, 15) is 27.6 Å². The summed E-state index contributed by atoms with van der Waals surface area (Å²) in [7, 11) is 0. The Hall–Kier alpha value is -2.78. The van der Waals surface area contributed by atoms with Crippen LogP contribution in [-0.4, -0.2) is 47.5 Å². The number of amides is 3. The summed E-state index contributed by atoms with van der Waals surface area (Å²) in [5, 5.41) is 4.99. The zero-order valence-electron chi connectivity index (χ0n) is 19.3. The minimum atomic E-state index is -4.48. The van der Waals surface area contributed by atoms with Crippen molar-refractivity contribution in [1.29, 1.82) is 0 Å². The average molecular weight is 460 g/mol. The molecule has 1 rings (SSSR count). The van der Waals surface area contributed by atoms with Crippen LogP contribution in [0.4, 0.5) is 23.7 Å². The van der Waals surface area contributed by atoms with Gasteiger partial charge in [0.05, 0.1) is 5.56 Å². The second-order valence-electron chi connectivity index (χ2n) is 8.79. The van der Waals surface area contributed by atoms with E-state index in [4.69, 9.17) is 4.74 Å². The van der Waals surface area contributed by atoms with Crippen molar-refractivity contribution >= 4 is 23.6 Å². The summed E-state index contributed by atoms with van der Waals surface area (Å²) in [6.45, 7) is 10.6. The fraction of sp³-hybridized carbons (Fsp3) is 0.591. The van der Waals surface area contributed by atoms with E-state index in [2.05, 4.69) is 10.6 Å². The molecule has 0 aliphatic heterocycles. The number of hydrogen-bond acceptors (Lipinski definition) is 4. The molecule has 0 spiro atoms. The number of benzene rings is 1. The van der Waals surface area contributed by atoms with Crippen molar-refractivity contribution in [2.45, 2.75) is 65.8 Å². The normalized spacial score (nSPS) is 12.8. The molecule has 0 bridgehead atoms. The van der Waals surface area contributed by atoms with Gasteiger partial charge in [-0.25, -0.2) is 4.79 Å². The molecule has 32 heavy (non-hydrogen) atoms. The predicted molar refractivity (Wildman–Crippen MR) is 115 cm³/mol. The molecule has 3 amide bonds. The zero-order chi connectivity index (χ0) is 24.7. The molecule has 180 valence electrons. The SMILES string of the molecule is CCN(CC(=O)OC(C)(C)C)C(=O)C(CC(C)C)NC(=O)Nc1ccc(C(F)(F)F)cc1. The minimum absolute atomic E-state index is 0.0514. The van der Waals surface area contributed by atoms with E-state index >= 15 is 0 Å². The molecule has 10 heteroatoms. The molecule has 0 aliphatic rings. The maximum atomic E-state index is 13.0. The van der Waals surface area contributed by atoms with Crippen molar-refractivity contribution < 1.29 is 32.3 Å².